The summed E-state index contributed by atoms with van der Waals surface area (Å²) >= 11 is 8.26. The maximum atomic E-state index is 14.2. The van der Waals surface area contributed by atoms with Crippen molar-refractivity contribution in [1.29, 1.82) is 0 Å². The number of nitrogens with zero attached hydrogens (tertiary/aromatic N) is 2. The first-order chi connectivity index (χ1) is 23.6. The second kappa shape index (κ2) is 16.0. The third kappa shape index (κ3) is 7.97. The fourth-order valence-corrected chi connectivity index (χ4v) is 7.60. The summed E-state index contributed by atoms with van der Waals surface area (Å²) in [5, 5.41) is 0. The molecule has 10 nitrogen and oxygen atoms in total. The molecule has 49 heavy (non-hydrogen) atoms. The first kappa shape index (κ1) is 36.0. The van der Waals surface area contributed by atoms with Gasteiger partial charge < -0.3 is 23.7 Å². The van der Waals surface area contributed by atoms with E-state index in [1.54, 1.807) is 75.4 Å². The van der Waals surface area contributed by atoms with Crippen molar-refractivity contribution in [3.8, 4) is 17.2 Å². The summed E-state index contributed by atoms with van der Waals surface area (Å²) in [6.45, 7) is 5.30. The number of aromatic nitrogens is 1. The van der Waals surface area contributed by atoms with Gasteiger partial charge in [0.15, 0.2) is 22.9 Å². The SMILES string of the molecule is CCOC(=O)C1=C(C)N=c2s/c(=C\c3cc(Br)c(OCc4ccccc4F)c(Br)c3)c(=O)n2[C@@H]1c1ccc(OCC(=O)OC)c(OCC)c1. The molecular formula is C35H31Br2FN2O8S. The van der Waals surface area contributed by atoms with Gasteiger partial charge in [0.2, 0.25) is 0 Å². The van der Waals surface area contributed by atoms with Crippen LogP contribution in [0, 0.1) is 5.82 Å². The Labute approximate surface area is 301 Å². The molecule has 1 aliphatic rings. The lowest BCUT2D eigenvalue weighted by Gasteiger charge is -2.25. The lowest BCUT2D eigenvalue weighted by molar-refractivity contribution is -0.143. The molecule has 1 atom stereocenters. The number of benzene rings is 3. The Morgan fingerprint density at radius 3 is 2.41 bits per heavy atom. The second-order valence-electron chi connectivity index (χ2n) is 10.5. The maximum Gasteiger partial charge on any atom is 0.343 e. The molecule has 0 amide bonds. The van der Waals surface area contributed by atoms with E-state index in [0.717, 1.165) is 0 Å². The average molecular weight is 819 g/mol. The molecule has 256 valence electrons. The van der Waals surface area contributed by atoms with Crippen LogP contribution in [0.3, 0.4) is 0 Å². The van der Waals surface area contributed by atoms with Gasteiger partial charge in [-0.1, -0.05) is 35.6 Å². The van der Waals surface area contributed by atoms with Crippen LogP contribution in [-0.2, 0) is 25.7 Å². The van der Waals surface area contributed by atoms with Crippen LogP contribution in [0.4, 0.5) is 4.39 Å². The Balaban J connectivity index is 1.57. The first-order valence-electron chi connectivity index (χ1n) is 15.1. The van der Waals surface area contributed by atoms with Gasteiger partial charge in [0.1, 0.15) is 18.2 Å². The van der Waals surface area contributed by atoms with Crippen LogP contribution < -0.4 is 29.1 Å². The van der Waals surface area contributed by atoms with Crippen LogP contribution in [-0.4, -0.2) is 43.4 Å². The lowest BCUT2D eigenvalue weighted by Crippen LogP contribution is -2.40. The Hall–Kier alpha value is -4.27. The quantitative estimate of drug-likeness (QED) is 0.160. The third-order valence-corrected chi connectivity index (χ3v) is 9.48. The Kier molecular flexibility index (Phi) is 11.7. The highest BCUT2D eigenvalue weighted by molar-refractivity contribution is 9.11. The molecule has 1 aliphatic heterocycles. The molecule has 0 radical (unpaired) electrons. The fraction of sp³-hybridized carbons (Fsp3) is 0.257. The van der Waals surface area contributed by atoms with Gasteiger partial charge >= 0.3 is 11.9 Å². The number of carbonyl (C=O) groups is 2. The highest BCUT2D eigenvalue weighted by atomic mass is 79.9. The van der Waals surface area contributed by atoms with Gasteiger partial charge in [0.05, 0.1) is 51.1 Å². The number of carbonyl (C=O) groups excluding carboxylic acids is 2. The standard InChI is InChI=1S/C35H31Br2FN2O8S/c1-5-45-27-16-21(11-12-26(27)47-18-29(41)44-4)31-30(34(43)46-6-2)19(3)39-35-40(31)33(42)28(49-35)15-20-13-23(36)32(24(37)14-20)48-17-22-9-7-8-10-25(22)38/h7-16,31H,5-6,17-18H2,1-4H3/b28-15-/t31-/m1/s1. The van der Waals surface area contributed by atoms with E-state index in [9.17, 15) is 18.8 Å². The van der Waals surface area contributed by atoms with Crippen molar-refractivity contribution in [2.24, 2.45) is 4.99 Å². The van der Waals surface area contributed by atoms with Crippen LogP contribution in [0.25, 0.3) is 6.08 Å². The highest BCUT2D eigenvalue weighted by Crippen LogP contribution is 2.37. The van der Waals surface area contributed by atoms with Crippen molar-refractivity contribution in [1.82, 2.24) is 4.57 Å². The zero-order chi connectivity index (χ0) is 35.2. The number of methoxy groups -OCH3 is 1. The Morgan fingerprint density at radius 2 is 1.73 bits per heavy atom. The zero-order valence-corrected chi connectivity index (χ0v) is 30.9. The molecule has 3 aromatic carbocycles. The minimum absolute atomic E-state index is 0.0212. The van der Waals surface area contributed by atoms with E-state index < -0.39 is 18.0 Å². The number of hydrogen-bond donors (Lipinski definition) is 0. The topological polar surface area (TPSA) is 115 Å². The molecule has 0 N–H and O–H groups in total. The summed E-state index contributed by atoms with van der Waals surface area (Å²) in [5.74, 6) is -0.453. The zero-order valence-electron chi connectivity index (χ0n) is 26.9. The molecule has 0 saturated heterocycles. The van der Waals surface area contributed by atoms with Gasteiger partial charge in [-0.2, -0.15) is 0 Å². The van der Waals surface area contributed by atoms with Crippen molar-refractivity contribution in [3.05, 3.63) is 117 Å². The number of esters is 2. The number of hydrogen-bond acceptors (Lipinski definition) is 10. The summed E-state index contributed by atoms with van der Waals surface area (Å²) in [5.41, 5.74) is 1.86. The third-order valence-electron chi connectivity index (χ3n) is 7.32. The number of halogens is 3. The van der Waals surface area contributed by atoms with E-state index in [2.05, 4.69) is 41.6 Å². The van der Waals surface area contributed by atoms with E-state index in [1.165, 1.54) is 29.1 Å². The maximum absolute atomic E-state index is 14.2. The summed E-state index contributed by atoms with van der Waals surface area (Å²) < 4.78 is 44.6. The number of rotatable bonds is 12. The van der Waals surface area contributed by atoms with E-state index in [-0.39, 0.29) is 36.8 Å². The summed E-state index contributed by atoms with van der Waals surface area (Å²) in [6, 6.07) is 14.0. The van der Waals surface area contributed by atoms with Gasteiger partial charge in [0, 0.05) is 5.56 Å². The highest BCUT2D eigenvalue weighted by Gasteiger charge is 2.34. The molecule has 5 rings (SSSR count). The predicted octanol–water partition coefficient (Wildman–Crippen LogP) is 5.99. The lowest BCUT2D eigenvalue weighted by atomic mass is 9.95. The van der Waals surface area contributed by atoms with Crippen molar-refractivity contribution >= 4 is 61.2 Å². The Bertz CT molecular complexity index is 2110. The van der Waals surface area contributed by atoms with E-state index in [1.807, 2.05) is 0 Å². The average Bonchev–Trinajstić information content (AvgIpc) is 3.37. The number of fused-ring (bicyclic) bond motifs is 1. The largest absolute Gasteiger partial charge is 0.490 e. The normalized spacial score (nSPS) is 14.2. The van der Waals surface area contributed by atoms with Gasteiger partial charge in [0.25, 0.3) is 5.56 Å². The smallest absolute Gasteiger partial charge is 0.343 e. The molecule has 0 saturated carbocycles. The van der Waals surface area contributed by atoms with Crippen LogP contribution in [0.2, 0.25) is 0 Å². The van der Waals surface area contributed by atoms with Crippen molar-refractivity contribution in [2.45, 2.75) is 33.4 Å². The van der Waals surface area contributed by atoms with E-state index in [0.29, 0.717) is 64.5 Å². The number of thiazole rings is 1. The molecule has 2 heterocycles. The van der Waals surface area contributed by atoms with Crippen LogP contribution >= 0.6 is 43.2 Å². The molecular weight excluding hydrogens is 787 g/mol. The monoisotopic (exact) mass is 816 g/mol. The van der Waals surface area contributed by atoms with Crippen LogP contribution in [0.1, 0.15) is 43.5 Å². The summed E-state index contributed by atoms with van der Waals surface area (Å²) in [6.07, 6.45) is 1.72. The minimum Gasteiger partial charge on any atom is -0.490 e. The van der Waals surface area contributed by atoms with Gasteiger partial charge in [-0.25, -0.2) is 19.0 Å². The Morgan fingerprint density at radius 1 is 1.00 bits per heavy atom. The predicted molar refractivity (Wildman–Crippen MR) is 188 cm³/mol. The molecule has 0 unspecified atom stereocenters. The van der Waals surface area contributed by atoms with Gasteiger partial charge in [-0.15, -0.1) is 0 Å². The van der Waals surface area contributed by atoms with E-state index in [4.69, 9.17) is 18.9 Å². The van der Waals surface area contributed by atoms with Gasteiger partial charge in [-0.05, 0) is 100 Å². The van der Waals surface area contributed by atoms with Crippen molar-refractivity contribution < 1.29 is 37.7 Å². The van der Waals surface area contributed by atoms with Crippen molar-refractivity contribution in [3.63, 3.8) is 0 Å². The van der Waals surface area contributed by atoms with Crippen LogP contribution in [0.5, 0.6) is 17.2 Å². The molecule has 0 bridgehead atoms. The summed E-state index contributed by atoms with van der Waals surface area (Å²) in [4.78, 5) is 44.3. The minimum atomic E-state index is -0.904. The second-order valence-corrected chi connectivity index (χ2v) is 13.2. The van der Waals surface area contributed by atoms with Crippen molar-refractivity contribution in [2.75, 3.05) is 26.9 Å². The number of ether oxygens (including phenoxy) is 5. The molecule has 0 aliphatic carbocycles. The molecule has 0 spiro atoms. The first-order valence-corrected chi connectivity index (χ1v) is 17.5. The molecule has 4 aromatic rings. The number of allylic oxidation sites excluding steroid dienone is 1. The molecule has 0 fully saturated rings. The van der Waals surface area contributed by atoms with Crippen LogP contribution in [0.15, 0.2) is 84.6 Å². The van der Waals surface area contributed by atoms with Gasteiger partial charge in [-0.3, -0.25) is 9.36 Å². The summed E-state index contributed by atoms with van der Waals surface area (Å²) in [7, 11) is 1.26. The molecule has 14 heteroatoms. The fourth-order valence-electron chi connectivity index (χ4n) is 5.10. The molecule has 1 aromatic heterocycles. The van der Waals surface area contributed by atoms with E-state index >= 15 is 0 Å².